The van der Waals surface area contributed by atoms with Crippen LogP contribution in [0.1, 0.15) is 30.7 Å². The van der Waals surface area contributed by atoms with Crippen LogP contribution in [0, 0.1) is 0 Å². The normalized spacial score (nSPS) is 16.5. The van der Waals surface area contributed by atoms with E-state index in [1.54, 1.807) is 13.3 Å². The largest absolute Gasteiger partial charge is 0.497 e. The number of rotatable bonds is 5. The number of amides is 2. The van der Waals surface area contributed by atoms with Crippen molar-refractivity contribution >= 4 is 17.2 Å². The molecule has 0 saturated carbocycles. The van der Waals surface area contributed by atoms with E-state index >= 15 is 0 Å². The number of imidazole rings is 1. The topological polar surface area (TPSA) is 72.3 Å². The van der Waals surface area contributed by atoms with E-state index in [9.17, 15) is 4.79 Å². The smallest absolute Gasteiger partial charge is 0.317 e. The van der Waals surface area contributed by atoms with E-state index in [0.717, 1.165) is 47.8 Å². The number of methoxy groups -OCH3 is 1. The SMILES string of the molecule is CCn1c([C@H]2CCN(C(=O)NCc3cccc(OC)c3)C2)nc2cccnc21. The Hall–Kier alpha value is -3.09. The number of aryl methyl sites for hydroxylation is 1. The lowest BCUT2D eigenvalue weighted by atomic mass is 10.1. The van der Waals surface area contributed by atoms with E-state index in [4.69, 9.17) is 9.72 Å². The summed E-state index contributed by atoms with van der Waals surface area (Å²) in [4.78, 5) is 23.8. The maximum Gasteiger partial charge on any atom is 0.317 e. The fourth-order valence-electron chi connectivity index (χ4n) is 3.83. The lowest BCUT2D eigenvalue weighted by Gasteiger charge is -2.18. The van der Waals surface area contributed by atoms with Gasteiger partial charge in [0.15, 0.2) is 5.65 Å². The van der Waals surface area contributed by atoms with Crippen molar-refractivity contribution < 1.29 is 9.53 Å². The molecule has 1 atom stereocenters. The first kappa shape index (κ1) is 18.3. The molecule has 1 N–H and O–H groups in total. The molecule has 7 nitrogen and oxygen atoms in total. The van der Waals surface area contributed by atoms with Gasteiger partial charge in [-0.05, 0) is 43.2 Å². The summed E-state index contributed by atoms with van der Waals surface area (Å²) in [6.07, 6.45) is 2.71. The summed E-state index contributed by atoms with van der Waals surface area (Å²) < 4.78 is 7.40. The van der Waals surface area contributed by atoms with Gasteiger partial charge in [-0.3, -0.25) is 0 Å². The van der Waals surface area contributed by atoms with Gasteiger partial charge in [-0.15, -0.1) is 0 Å². The summed E-state index contributed by atoms with van der Waals surface area (Å²) >= 11 is 0. The monoisotopic (exact) mass is 379 g/mol. The first-order chi connectivity index (χ1) is 13.7. The lowest BCUT2D eigenvalue weighted by molar-refractivity contribution is 0.207. The van der Waals surface area contributed by atoms with E-state index in [-0.39, 0.29) is 11.9 Å². The Morgan fingerprint density at radius 2 is 2.21 bits per heavy atom. The Balaban J connectivity index is 1.42. The number of carbonyl (C=O) groups is 1. The highest BCUT2D eigenvalue weighted by atomic mass is 16.5. The van der Waals surface area contributed by atoms with Gasteiger partial charge < -0.3 is 19.5 Å². The third-order valence-electron chi connectivity index (χ3n) is 5.27. The summed E-state index contributed by atoms with van der Waals surface area (Å²) in [5, 5.41) is 3.01. The van der Waals surface area contributed by atoms with Crippen LogP contribution in [0.2, 0.25) is 0 Å². The van der Waals surface area contributed by atoms with Crippen LogP contribution in [0.15, 0.2) is 42.6 Å². The fraction of sp³-hybridized carbons (Fsp3) is 0.381. The van der Waals surface area contributed by atoms with E-state index in [1.165, 1.54) is 0 Å². The predicted octanol–water partition coefficient (Wildman–Crippen LogP) is 3.16. The van der Waals surface area contributed by atoms with Crippen molar-refractivity contribution in [1.82, 2.24) is 24.8 Å². The highest BCUT2D eigenvalue weighted by molar-refractivity contribution is 5.75. The molecular formula is C21H25N5O2. The minimum atomic E-state index is -0.0393. The second-order valence-electron chi connectivity index (χ2n) is 7.00. The van der Waals surface area contributed by atoms with Crippen molar-refractivity contribution in [2.45, 2.75) is 32.4 Å². The van der Waals surface area contributed by atoms with Crippen molar-refractivity contribution in [3.8, 4) is 5.75 Å². The van der Waals surface area contributed by atoms with Gasteiger partial charge in [0.2, 0.25) is 0 Å². The minimum Gasteiger partial charge on any atom is -0.497 e. The van der Waals surface area contributed by atoms with E-state index in [1.807, 2.05) is 41.3 Å². The first-order valence-electron chi connectivity index (χ1n) is 9.66. The number of hydrogen-bond donors (Lipinski definition) is 1. The zero-order valence-electron chi connectivity index (χ0n) is 16.3. The molecule has 146 valence electrons. The number of carbonyl (C=O) groups excluding carboxylic acids is 1. The first-order valence-corrected chi connectivity index (χ1v) is 9.66. The van der Waals surface area contributed by atoms with Crippen molar-refractivity contribution in [3.05, 3.63) is 54.0 Å². The molecule has 1 fully saturated rings. The van der Waals surface area contributed by atoms with Crippen molar-refractivity contribution in [2.75, 3.05) is 20.2 Å². The molecule has 0 bridgehead atoms. The van der Waals surface area contributed by atoms with Crippen LogP contribution in [0.5, 0.6) is 5.75 Å². The predicted molar refractivity (Wildman–Crippen MR) is 107 cm³/mol. The summed E-state index contributed by atoms with van der Waals surface area (Å²) in [6.45, 7) is 4.81. The number of ether oxygens (including phenoxy) is 1. The molecule has 1 aliphatic rings. The van der Waals surface area contributed by atoms with E-state index < -0.39 is 0 Å². The zero-order valence-corrected chi connectivity index (χ0v) is 16.3. The molecule has 3 heterocycles. The number of pyridine rings is 1. The van der Waals surface area contributed by atoms with Gasteiger partial charge in [-0.25, -0.2) is 14.8 Å². The van der Waals surface area contributed by atoms with Gasteiger partial charge in [0.25, 0.3) is 0 Å². The quantitative estimate of drug-likeness (QED) is 0.739. The van der Waals surface area contributed by atoms with Crippen LogP contribution >= 0.6 is 0 Å². The maximum atomic E-state index is 12.6. The fourth-order valence-corrected chi connectivity index (χ4v) is 3.83. The van der Waals surface area contributed by atoms with Crippen LogP contribution in [0.3, 0.4) is 0 Å². The Labute approximate surface area is 164 Å². The molecule has 2 aromatic heterocycles. The van der Waals surface area contributed by atoms with Gasteiger partial charge in [0.05, 0.1) is 7.11 Å². The number of nitrogens with zero attached hydrogens (tertiary/aromatic N) is 4. The summed E-state index contributed by atoms with van der Waals surface area (Å²) in [7, 11) is 1.64. The average Bonchev–Trinajstić information content (AvgIpc) is 3.36. The summed E-state index contributed by atoms with van der Waals surface area (Å²) in [5.41, 5.74) is 2.85. The van der Waals surface area contributed by atoms with Gasteiger partial charge in [0.1, 0.15) is 17.1 Å². The number of urea groups is 1. The number of likely N-dealkylation sites (tertiary alicyclic amines) is 1. The molecule has 0 unspecified atom stereocenters. The molecule has 0 aliphatic carbocycles. The van der Waals surface area contributed by atoms with E-state index in [2.05, 4.69) is 21.8 Å². The van der Waals surface area contributed by atoms with Crippen LogP contribution in [-0.4, -0.2) is 45.7 Å². The second kappa shape index (κ2) is 7.88. The highest BCUT2D eigenvalue weighted by Gasteiger charge is 2.30. The molecule has 1 aromatic carbocycles. The number of fused-ring (bicyclic) bond motifs is 1. The van der Waals surface area contributed by atoms with Gasteiger partial charge in [0, 0.05) is 38.3 Å². The zero-order chi connectivity index (χ0) is 19.5. The average molecular weight is 379 g/mol. The third-order valence-corrected chi connectivity index (χ3v) is 5.27. The molecule has 0 radical (unpaired) electrons. The van der Waals surface area contributed by atoms with Crippen molar-refractivity contribution in [2.24, 2.45) is 0 Å². The summed E-state index contributed by atoms with van der Waals surface area (Å²) in [6, 6.07) is 11.6. The second-order valence-corrected chi connectivity index (χ2v) is 7.00. The number of aromatic nitrogens is 3. The van der Waals surface area contributed by atoms with Crippen LogP contribution in [-0.2, 0) is 13.1 Å². The molecular weight excluding hydrogens is 354 g/mol. The molecule has 2 amide bonds. The number of benzene rings is 1. The van der Waals surface area contributed by atoms with Gasteiger partial charge in [-0.2, -0.15) is 0 Å². The van der Waals surface area contributed by atoms with Gasteiger partial charge >= 0.3 is 6.03 Å². The molecule has 3 aromatic rings. The Bertz CT molecular complexity index is 984. The molecule has 0 spiro atoms. The standard InChI is InChI=1S/C21H25N5O2/c1-3-26-19(24-18-8-5-10-22-20(18)26)16-9-11-25(14-16)21(27)23-13-15-6-4-7-17(12-15)28-2/h4-8,10,12,16H,3,9,11,13-14H2,1-2H3,(H,23,27)/t16-/m0/s1. The van der Waals surface area contributed by atoms with Crippen LogP contribution in [0.4, 0.5) is 4.79 Å². The Kier molecular flexibility index (Phi) is 5.14. The molecule has 1 aliphatic heterocycles. The van der Waals surface area contributed by atoms with E-state index in [0.29, 0.717) is 13.1 Å². The highest BCUT2D eigenvalue weighted by Crippen LogP contribution is 2.29. The Morgan fingerprint density at radius 3 is 3.04 bits per heavy atom. The number of nitrogens with one attached hydrogen (secondary N) is 1. The maximum absolute atomic E-state index is 12.6. The molecule has 28 heavy (non-hydrogen) atoms. The molecule has 1 saturated heterocycles. The van der Waals surface area contributed by atoms with Crippen LogP contribution in [0.25, 0.3) is 11.2 Å². The minimum absolute atomic E-state index is 0.0393. The molecule has 7 heteroatoms. The van der Waals surface area contributed by atoms with Crippen molar-refractivity contribution in [1.29, 1.82) is 0 Å². The number of hydrogen-bond acceptors (Lipinski definition) is 4. The van der Waals surface area contributed by atoms with Gasteiger partial charge in [-0.1, -0.05) is 12.1 Å². The Morgan fingerprint density at radius 1 is 1.32 bits per heavy atom. The summed E-state index contributed by atoms with van der Waals surface area (Å²) in [5.74, 6) is 2.05. The molecule has 4 rings (SSSR count). The third kappa shape index (κ3) is 3.52. The van der Waals surface area contributed by atoms with Crippen LogP contribution < -0.4 is 10.1 Å². The van der Waals surface area contributed by atoms with Crippen molar-refractivity contribution in [3.63, 3.8) is 0 Å². The lowest BCUT2D eigenvalue weighted by Crippen LogP contribution is -2.38.